The van der Waals surface area contributed by atoms with Gasteiger partial charge >= 0.3 is 0 Å². The lowest BCUT2D eigenvalue weighted by Gasteiger charge is -2.32. The van der Waals surface area contributed by atoms with E-state index in [1.165, 1.54) is 6.92 Å². The molecule has 2 heterocycles. The predicted molar refractivity (Wildman–Crippen MR) is 106 cm³/mol. The van der Waals surface area contributed by atoms with Gasteiger partial charge in [-0.2, -0.15) is 4.98 Å². The third-order valence-electron chi connectivity index (χ3n) is 4.51. The van der Waals surface area contributed by atoms with Gasteiger partial charge in [-0.3, -0.25) is 10.1 Å². The Morgan fingerprint density at radius 3 is 2.63 bits per heavy atom. The summed E-state index contributed by atoms with van der Waals surface area (Å²) in [6.07, 6.45) is 0.723. The molecule has 0 unspecified atom stereocenters. The van der Waals surface area contributed by atoms with E-state index in [-0.39, 0.29) is 23.9 Å². The Kier molecular flexibility index (Phi) is 4.76. The van der Waals surface area contributed by atoms with Crippen LogP contribution in [-0.2, 0) is 4.79 Å². The normalized spacial score (nSPS) is 18.5. The molecule has 2 atom stereocenters. The molecule has 0 radical (unpaired) electrons. The van der Waals surface area contributed by atoms with Gasteiger partial charge in [0.2, 0.25) is 11.9 Å². The zero-order valence-corrected chi connectivity index (χ0v) is 16.0. The first-order valence-corrected chi connectivity index (χ1v) is 9.27. The Balaban J connectivity index is 1.77. The van der Waals surface area contributed by atoms with Gasteiger partial charge in [0.1, 0.15) is 0 Å². The summed E-state index contributed by atoms with van der Waals surface area (Å²) >= 11 is 12.5. The highest BCUT2D eigenvalue weighted by Crippen LogP contribution is 2.40. The molecule has 1 aliphatic rings. The summed E-state index contributed by atoms with van der Waals surface area (Å²) in [5.41, 5.74) is 2.05. The molecule has 2 aromatic carbocycles. The second-order valence-corrected chi connectivity index (χ2v) is 7.25. The Morgan fingerprint density at radius 2 is 1.93 bits per heavy atom. The molecule has 27 heavy (non-hydrogen) atoms. The van der Waals surface area contributed by atoms with Gasteiger partial charge in [0, 0.05) is 17.0 Å². The highest BCUT2D eigenvalue weighted by molar-refractivity contribution is 6.31. The fraction of sp³-hybridized carbons (Fsp3) is 0.211. The van der Waals surface area contributed by atoms with Crippen molar-refractivity contribution in [2.45, 2.75) is 25.4 Å². The number of amides is 1. The summed E-state index contributed by atoms with van der Waals surface area (Å²) in [5, 5.41) is 11.9. The predicted octanol–water partition coefficient (Wildman–Crippen LogP) is 4.69. The van der Waals surface area contributed by atoms with E-state index in [1.807, 2.05) is 48.5 Å². The van der Waals surface area contributed by atoms with Gasteiger partial charge < -0.3 is 5.32 Å². The van der Waals surface area contributed by atoms with Crippen molar-refractivity contribution in [3.63, 3.8) is 0 Å². The summed E-state index contributed by atoms with van der Waals surface area (Å²) in [6, 6.07) is 15.3. The Morgan fingerprint density at radius 1 is 1.19 bits per heavy atom. The minimum atomic E-state index is -0.221. The molecule has 0 bridgehead atoms. The Hall–Kier alpha value is -2.57. The van der Waals surface area contributed by atoms with Crippen LogP contribution in [0.5, 0.6) is 0 Å². The number of hydrogen-bond acceptors (Lipinski definition) is 4. The van der Waals surface area contributed by atoms with Crippen LogP contribution in [0.4, 0.5) is 11.9 Å². The third-order valence-corrected chi connectivity index (χ3v) is 5.11. The molecule has 0 aliphatic carbocycles. The number of halogens is 2. The van der Waals surface area contributed by atoms with E-state index in [2.05, 4.69) is 20.7 Å². The second-order valence-electron chi connectivity index (χ2n) is 6.41. The van der Waals surface area contributed by atoms with Gasteiger partial charge in [0.05, 0.1) is 12.1 Å². The SMILES string of the molecule is CC(=O)Nc1nc2n(n1)[C@@H](c1ccccc1Cl)C[C@H](c1ccc(Cl)cc1)N2. The van der Waals surface area contributed by atoms with Crippen molar-refractivity contribution in [3.8, 4) is 0 Å². The van der Waals surface area contributed by atoms with E-state index in [9.17, 15) is 4.79 Å². The molecule has 2 N–H and O–H groups in total. The van der Waals surface area contributed by atoms with Crippen molar-refractivity contribution in [2.24, 2.45) is 0 Å². The van der Waals surface area contributed by atoms with E-state index in [0.717, 1.165) is 17.5 Å². The number of fused-ring (bicyclic) bond motifs is 1. The number of carbonyl (C=O) groups excluding carboxylic acids is 1. The first-order valence-electron chi connectivity index (χ1n) is 8.52. The molecular formula is C19H17Cl2N5O. The van der Waals surface area contributed by atoms with Crippen LogP contribution in [0.2, 0.25) is 10.0 Å². The average molecular weight is 402 g/mol. The van der Waals surface area contributed by atoms with Crippen LogP contribution in [-0.4, -0.2) is 20.7 Å². The lowest BCUT2D eigenvalue weighted by Crippen LogP contribution is -2.28. The number of anilines is 2. The first kappa shape index (κ1) is 17.8. The number of aromatic nitrogens is 3. The zero-order chi connectivity index (χ0) is 19.0. The van der Waals surface area contributed by atoms with Crippen LogP contribution in [0, 0.1) is 0 Å². The van der Waals surface area contributed by atoms with Crippen molar-refractivity contribution in [1.82, 2.24) is 14.8 Å². The van der Waals surface area contributed by atoms with E-state index in [4.69, 9.17) is 23.2 Å². The van der Waals surface area contributed by atoms with Gasteiger partial charge in [-0.25, -0.2) is 4.68 Å². The molecule has 0 fully saturated rings. The molecule has 0 saturated heterocycles. The maximum Gasteiger partial charge on any atom is 0.250 e. The molecule has 6 nitrogen and oxygen atoms in total. The third kappa shape index (κ3) is 3.63. The van der Waals surface area contributed by atoms with Crippen LogP contribution in [0.25, 0.3) is 0 Å². The van der Waals surface area contributed by atoms with Gasteiger partial charge in [-0.05, 0) is 35.7 Å². The molecule has 4 rings (SSSR count). The van der Waals surface area contributed by atoms with Gasteiger partial charge in [0.25, 0.3) is 5.95 Å². The number of carbonyl (C=O) groups is 1. The summed E-state index contributed by atoms with van der Waals surface area (Å²) in [4.78, 5) is 15.8. The van der Waals surface area contributed by atoms with Crippen LogP contribution in [0.15, 0.2) is 48.5 Å². The molecule has 8 heteroatoms. The van der Waals surface area contributed by atoms with Crippen molar-refractivity contribution in [3.05, 3.63) is 69.7 Å². The smallest absolute Gasteiger partial charge is 0.250 e. The fourth-order valence-corrected chi connectivity index (χ4v) is 3.69. The van der Waals surface area contributed by atoms with Crippen LogP contribution >= 0.6 is 23.2 Å². The van der Waals surface area contributed by atoms with Crippen molar-refractivity contribution in [1.29, 1.82) is 0 Å². The number of benzene rings is 2. The number of rotatable bonds is 3. The molecule has 1 amide bonds. The minimum Gasteiger partial charge on any atom is -0.347 e. The fourth-order valence-electron chi connectivity index (χ4n) is 3.31. The van der Waals surface area contributed by atoms with E-state index in [0.29, 0.717) is 16.0 Å². The topological polar surface area (TPSA) is 71.8 Å². The summed E-state index contributed by atoms with van der Waals surface area (Å²) in [5.74, 6) is 0.621. The molecule has 1 aromatic heterocycles. The largest absolute Gasteiger partial charge is 0.347 e. The standard InChI is InChI=1S/C19H17Cl2N5O/c1-11(27)22-18-24-19-23-16(12-6-8-13(20)9-7-12)10-17(26(19)25-18)14-4-2-3-5-15(14)21/h2-9,16-17H,10H2,1H3,(H2,22,23,24,25,27)/t16-,17-/m1/s1. The monoisotopic (exact) mass is 401 g/mol. The summed E-state index contributed by atoms with van der Waals surface area (Å²) < 4.78 is 1.78. The Bertz CT molecular complexity index is 986. The molecule has 138 valence electrons. The number of nitrogens with one attached hydrogen (secondary N) is 2. The molecule has 0 spiro atoms. The van der Waals surface area contributed by atoms with Gasteiger partial charge in [-0.15, -0.1) is 5.10 Å². The Labute approximate surface area is 166 Å². The number of nitrogens with zero attached hydrogens (tertiary/aromatic N) is 3. The minimum absolute atomic E-state index is 0.00502. The zero-order valence-electron chi connectivity index (χ0n) is 14.5. The summed E-state index contributed by atoms with van der Waals surface area (Å²) in [7, 11) is 0. The van der Waals surface area contributed by atoms with E-state index < -0.39 is 0 Å². The lowest BCUT2D eigenvalue weighted by atomic mass is 9.93. The van der Waals surface area contributed by atoms with E-state index in [1.54, 1.807) is 4.68 Å². The number of hydrogen-bond donors (Lipinski definition) is 2. The summed E-state index contributed by atoms with van der Waals surface area (Å²) in [6.45, 7) is 1.43. The molecule has 0 saturated carbocycles. The van der Waals surface area contributed by atoms with Crippen LogP contribution in [0.1, 0.15) is 36.6 Å². The quantitative estimate of drug-likeness (QED) is 0.667. The highest BCUT2D eigenvalue weighted by Gasteiger charge is 2.32. The maximum atomic E-state index is 11.4. The maximum absolute atomic E-state index is 11.4. The van der Waals surface area contributed by atoms with Crippen molar-refractivity contribution < 1.29 is 4.79 Å². The van der Waals surface area contributed by atoms with Crippen LogP contribution < -0.4 is 10.6 Å². The molecule has 1 aliphatic heterocycles. The highest BCUT2D eigenvalue weighted by atomic mass is 35.5. The first-order chi connectivity index (χ1) is 13.0. The van der Waals surface area contributed by atoms with Crippen LogP contribution in [0.3, 0.4) is 0 Å². The molecule has 3 aromatic rings. The van der Waals surface area contributed by atoms with Gasteiger partial charge in [-0.1, -0.05) is 53.5 Å². The average Bonchev–Trinajstić information content (AvgIpc) is 3.03. The van der Waals surface area contributed by atoms with Gasteiger partial charge in [0.15, 0.2) is 0 Å². The second kappa shape index (κ2) is 7.21. The van der Waals surface area contributed by atoms with Crippen molar-refractivity contribution in [2.75, 3.05) is 10.6 Å². The van der Waals surface area contributed by atoms with E-state index >= 15 is 0 Å². The lowest BCUT2D eigenvalue weighted by molar-refractivity contribution is -0.114. The molecular weight excluding hydrogens is 385 g/mol. The van der Waals surface area contributed by atoms with Crippen molar-refractivity contribution >= 4 is 41.0 Å².